The first kappa shape index (κ1) is 35.6. The molecule has 0 spiro atoms. The molecular formula is C34H54ClNO2S. The fraction of sp³-hybridized carbons (Fsp3) is 0.588. The van der Waals surface area contributed by atoms with E-state index in [-0.39, 0.29) is 0 Å². The van der Waals surface area contributed by atoms with Crippen molar-refractivity contribution in [2.24, 2.45) is 5.73 Å². The van der Waals surface area contributed by atoms with Crippen molar-refractivity contribution in [2.45, 2.75) is 103 Å². The van der Waals surface area contributed by atoms with Gasteiger partial charge in [0, 0.05) is 11.6 Å². The minimum absolute atomic E-state index is 0.627. The van der Waals surface area contributed by atoms with Gasteiger partial charge in [-0.3, -0.25) is 4.18 Å². The smallest absolute Gasteiger partial charge is 0.155 e. The Labute approximate surface area is 247 Å². The van der Waals surface area contributed by atoms with Gasteiger partial charge in [-0.05, 0) is 93.9 Å². The molecule has 0 aliphatic heterocycles. The van der Waals surface area contributed by atoms with Crippen molar-refractivity contribution >= 4 is 28.8 Å². The fourth-order valence-electron chi connectivity index (χ4n) is 4.57. The quantitative estimate of drug-likeness (QED) is 0.0717. The van der Waals surface area contributed by atoms with E-state index in [4.69, 9.17) is 21.5 Å². The highest BCUT2D eigenvalue weighted by molar-refractivity contribution is 7.80. The van der Waals surface area contributed by atoms with E-state index in [0.717, 1.165) is 63.8 Å². The highest BCUT2D eigenvalue weighted by Crippen LogP contribution is 2.22. The molecule has 1 atom stereocenters. The topological polar surface area (TPSA) is 52.3 Å². The van der Waals surface area contributed by atoms with E-state index < -0.39 is 11.1 Å². The maximum atomic E-state index is 11.3. The molecular weight excluding hydrogens is 522 g/mol. The van der Waals surface area contributed by atoms with Crippen LogP contribution in [-0.2, 0) is 21.7 Å². The van der Waals surface area contributed by atoms with Gasteiger partial charge in [-0.2, -0.15) is 0 Å². The van der Waals surface area contributed by atoms with Crippen molar-refractivity contribution in [3.63, 3.8) is 0 Å². The molecule has 0 amide bonds. The molecule has 0 saturated heterocycles. The van der Waals surface area contributed by atoms with Gasteiger partial charge in [0.2, 0.25) is 0 Å². The largest absolute Gasteiger partial charge is 0.330 e. The molecule has 1 aromatic rings. The molecule has 2 N–H and O–H groups in total. The summed E-state index contributed by atoms with van der Waals surface area (Å²) < 4.78 is 16.1. The van der Waals surface area contributed by atoms with E-state index in [9.17, 15) is 4.21 Å². The standard InChI is InChI=1S/C34H54ClNO2S/c1-3-17-31(18-11-5-4-10-16-29-39(37)38-2)21-22-32-23-25-34(26-24-32)30-33(19-12-6-8-14-27-35)20-13-7-9-15-28-36/h3,11,17-18,23-26,30H,1,4-10,12-16,19-22,27-29,36H2,2H3/b18-11-,31-17+,33-30-. The molecule has 0 aromatic heterocycles. The first-order valence-electron chi connectivity index (χ1n) is 15.1. The van der Waals surface area contributed by atoms with Crippen LogP contribution in [0.25, 0.3) is 6.08 Å². The SMILES string of the molecule is C=C/C=C(\C=C/CCCCCS(=O)OC)CCc1ccc(/C=C(\CCCCCCN)CCCCCCCl)cc1. The molecule has 0 fully saturated rings. The fourth-order valence-corrected chi connectivity index (χ4v) is 5.37. The molecule has 220 valence electrons. The number of benzene rings is 1. The Morgan fingerprint density at radius 3 is 2.23 bits per heavy atom. The number of aryl methyl sites for hydroxylation is 1. The zero-order chi connectivity index (χ0) is 28.4. The Hall–Kier alpha value is -1.46. The summed E-state index contributed by atoms with van der Waals surface area (Å²) in [5.74, 6) is 1.40. The second-order valence-electron chi connectivity index (χ2n) is 10.3. The summed E-state index contributed by atoms with van der Waals surface area (Å²) in [6.45, 7) is 4.69. The summed E-state index contributed by atoms with van der Waals surface area (Å²) in [4.78, 5) is 0. The van der Waals surface area contributed by atoms with Crippen LogP contribution in [-0.4, -0.2) is 29.5 Å². The van der Waals surface area contributed by atoms with Crippen molar-refractivity contribution in [3.05, 3.63) is 77.4 Å². The van der Waals surface area contributed by atoms with Gasteiger partial charge in [0.15, 0.2) is 11.1 Å². The first-order valence-corrected chi connectivity index (χ1v) is 16.9. The van der Waals surface area contributed by atoms with Crippen LogP contribution in [0.2, 0.25) is 0 Å². The lowest BCUT2D eigenvalue weighted by atomic mass is 9.97. The van der Waals surface area contributed by atoms with Crippen LogP contribution in [0.15, 0.2) is 66.3 Å². The Morgan fingerprint density at radius 2 is 1.59 bits per heavy atom. The van der Waals surface area contributed by atoms with Crippen molar-refractivity contribution in [2.75, 3.05) is 25.3 Å². The molecule has 1 aromatic carbocycles. The number of halogens is 1. The van der Waals surface area contributed by atoms with Crippen LogP contribution in [0, 0.1) is 0 Å². The number of allylic oxidation sites excluding steroid dienone is 6. The van der Waals surface area contributed by atoms with Gasteiger partial charge in [0.05, 0.1) is 7.11 Å². The van der Waals surface area contributed by atoms with E-state index in [1.54, 1.807) is 5.57 Å². The molecule has 1 unspecified atom stereocenters. The summed E-state index contributed by atoms with van der Waals surface area (Å²) >= 11 is 4.72. The molecule has 0 heterocycles. The molecule has 0 radical (unpaired) electrons. The van der Waals surface area contributed by atoms with Gasteiger partial charge in [-0.1, -0.05) is 98.9 Å². The molecule has 0 saturated carbocycles. The van der Waals surface area contributed by atoms with Crippen LogP contribution >= 0.6 is 11.6 Å². The van der Waals surface area contributed by atoms with Gasteiger partial charge in [0.25, 0.3) is 0 Å². The minimum atomic E-state index is -1.12. The summed E-state index contributed by atoms with van der Waals surface area (Å²) in [6.07, 6.45) is 29.2. The lowest BCUT2D eigenvalue weighted by molar-refractivity contribution is 0.444. The van der Waals surface area contributed by atoms with Crippen LogP contribution < -0.4 is 5.73 Å². The summed E-state index contributed by atoms with van der Waals surface area (Å²) in [6, 6.07) is 9.12. The number of hydrogen-bond donors (Lipinski definition) is 1. The molecule has 0 aliphatic rings. The van der Waals surface area contributed by atoms with Crippen LogP contribution in [0.3, 0.4) is 0 Å². The average molecular weight is 576 g/mol. The third kappa shape index (κ3) is 20.1. The first-order chi connectivity index (χ1) is 19.1. The van der Waals surface area contributed by atoms with Crippen molar-refractivity contribution in [3.8, 4) is 0 Å². The molecule has 39 heavy (non-hydrogen) atoms. The number of rotatable bonds is 25. The highest BCUT2D eigenvalue weighted by atomic mass is 35.5. The van der Waals surface area contributed by atoms with Crippen LogP contribution in [0.1, 0.15) is 107 Å². The van der Waals surface area contributed by atoms with Gasteiger partial charge >= 0.3 is 0 Å². The minimum Gasteiger partial charge on any atom is -0.330 e. The Morgan fingerprint density at radius 1 is 0.923 bits per heavy atom. The summed E-state index contributed by atoms with van der Waals surface area (Å²) in [5, 5.41) is 0. The van der Waals surface area contributed by atoms with E-state index in [1.807, 2.05) is 6.08 Å². The lowest BCUT2D eigenvalue weighted by Crippen LogP contribution is -1.98. The van der Waals surface area contributed by atoms with Gasteiger partial charge < -0.3 is 5.73 Å². The Balaban J connectivity index is 2.58. The van der Waals surface area contributed by atoms with Crippen molar-refractivity contribution < 1.29 is 8.39 Å². The molecule has 0 aliphatic carbocycles. The Kier molecular flexibility index (Phi) is 23.3. The van der Waals surface area contributed by atoms with Gasteiger partial charge in [-0.25, -0.2) is 4.21 Å². The summed E-state index contributed by atoms with van der Waals surface area (Å²) in [5.41, 5.74) is 11.2. The van der Waals surface area contributed by atoms with E-state index >= 15 is 0 Å². The third-order valence-electron chi connectivity index (χ3n) is 6.92. The van der Waals surface area contributed by atoms with E-state index in [1.165, 1.54) is 75.2 Å². The second kappa shape index (κ2) is 25.5. The number of hydrogen-bond acceptors (Lipinski definition) is 3. The molecule has 3 nitrogen and oxygen atoms in total. The maximum Gasteiger partial charge on any atom is 0.155 e. The summed E-state index contributed by atoms with van der Waals surface area (Å²) in [7, 11) is 1.50. The zero-order valence-electron chi connectivity index (χ0n) is 24.5. The zero-order valence-corrected chi connectivity index (χ0v) is 26.1. The number of nitrogens with two attached hydrogens (primary N) is 1. The molecule has 1 rings (SSSR count). The average Bonchev–Trinajstić information content (AvgIpc) is 2.95. The maximum absolute atomic E-state index is 11.3. The van der Waals surface area contributed by atoms with Crippen molar-refractivity contribution in [1.82, 2.24) is 0 Å². The molecule has 0 bridgehead atoms. The number of alkyl halides is 1. The normalized spacial score (nSPS) is 13.3. The van der Waals surface area contributed by atoms with Gasteiger partial charge in [-0.15, -0.1) is 11.6 Å². The van der Waals surface area contributed by atoms with Crippen LogP contribution in [0.4, 0.5) is 0 Å². The van der Waals surface area contributed by atoms with Gasteiger partial charge in [0.1, 0.15) is 0 Å². The monoisotopic (exact) mass is 575 g/mol. The number of unbranched alkanes of at least 4 members (excludes halogenated alkanes) is 9. The van der Waals surface area contributed by atoms with E-state index in [2.05, 4.69) is 55.1 Å². The third-order valence-corrected chi connectivity index (χ3v) is 8.18. The predicted octanol–water partition coefficient (Wildman–Crippen LogP) is 9.64. The van der Waals surface area contributed by atoms with Crippen LogP contribution in [0.5, 0.6) is 0 Å². The highest BCUT2D eigenvalue weighted by Gasteiger charge is 2.02. The predicted molar refractivity (Wildman–Crippen MR) is 175 cm³/mol. The second-order valence-corrected chi connectivity index (χ2v) is 12.0. The van der Waals surface area contributed by atoms with Crippen molar-refractivity contribution in [1.29, 1.82) is 0 Å². The lowest BCUT2D eigenvalue weighted by Gasteiger charge is -2.09. The molecule has 5 heteroatoms. The Bertz CT molecular complexity index is 844. The van der Waals surface area contributed by atoms with E-state index in [0.29, 0.717) is 5.75 Å².